The molecule has 0 saturated carbocycles. The minimum absolute atomic E-state index is 0.0534. The molecule has 0 aliphatic rings. The number of hydrogen-bond donors (Lipinski definition) is 2. The number of pyridine rings is 1. The van der Waals surface area contributed by atoms with Gasteiger partial charge < -0.3 is 10.1 Å². The molecule has 0 saturated heterocycles. The van der Waals surface area contributed by atoms with Crippen molar-refractivity contribution in [2.45, 2.75) is 38.6 Å². The van der Waals surface area contributed by atoms with Gasteiger partial charge in [0.15, 0.2) is 0 Å². The van der Waals surface area contributed by atoms with Crippen LogP contribution < -0.4 is 0 Å². The molecular formula is C17H20N4O2. The summed E-state index contributed by atoms with van der Waals surface area (Å²) in [6.07, 6.45) is 9.05. The summed E-state index contributed by atoms with van der Waals surface area (Å²) in [6, 6.07) is 3.93. The van der Waals surface area contributed by atoms with Gasteiger partial charge in [0.1, 0.15) is 5.65 Å². The first kappa shape index (κ1) is 15.3. The first-order chi connectivity index (χ1) is 11.0. The molecule has 0 aliphatic carbocycles. The summed E-state index contributed by atoms with van der Waals surface area (Å²) in [5.41, 5.74) is 2.31. The second kappa shape index (κ2) is 5.87. The number of aromatic nitrogens is 4. The largest absolute Gasteiger partial charge is 0.481 e. The van der Waals surface area contributed by atoms with Crippen molar-refractivity contribution >= 4 is 17.0 Å². The molecule has 3 heterocycles. The van der Waals surface area contributed by atoms with Crippen LogP contribution in [0.5, 0.6) is 0 Å². The summed E-state index contributed by atoms with van der Waals surface area (Å²) in [5.74, 6) is -0.810. The SMILES string of the molecule is CCCC(C)(CC(=O)O)n1cc(-c2ccnc3[nH]ccc23)cn1. The van der Waals surface area contributed by atoms with Crippen LogP contribution in [0, 0.1) is 0 Å². The van der Waals surface area contributed by atoms with Gasteiger partial charge in [-0.3, -0.25) is 9.48 Å². The number of nitrogens with one attached hydrogen (secondary N) is 1. The van der Waals surface area contributed by atoms with E-state index >= 15 is 0 Å². The van der Waals surface area contributed by atoms with Crippen LogP contribution in [0.4, 0.5) is 0 Å². The normalized spacial score (nSPS) is 14.0. The topological polar surface area (TPSA) is 83.8 Å². The van der Waals surface area contributed by atoms with E-state index in [-0.39, 0.29) is 6.42 Å². The predicted octanol–water partition coefficient (Wildman–Crippen LogP) is 3.42. The molecule has 1 unspecified atom stereocenters. The molecule has 23 heavy (non-hydrogen) atoms. The third-order valence-electron chi connectivity index (χ3n) is 4.23. The number of aromatic amines is 1. The number of hydrogen-bond acceptors (Lipinski definition) is 3. The van der Waals surface area contributed by atoms with Crippen molar-refractivity contribution in [2.24, 2.45) is 0 Å². The second-order valence-corrected chi connectivity index (χ2v) is 6.09. The van der Waals surface area contributed by atoms with Crippen molar-refractivity contribution < 1.29 is 9.90 Å². The summed E-state index contributed by atoms with van der Waals surface area (Å²) in [5, 5.41) is 14.7. The highest BCUT2D eigenvalue weighted by Crippen LogP contribution is 2.31. The maximum absolute atomic E-state index is 11.2. The van der Waals surface area contributed by atoms with Crippen molar-refractivity contribution in [3.05, 3.63) is 36.9 Å². The molecule has 6 heteroatoms. The number of nitrogens with zero attached hydrogens (tertiary/aromatic N) is 3. The summed E-state index contributed by atoms with van der Waals surface area (Å²) in [4.78, 5) is 18.6. The standard InChI is InChI=1S/C17H20N4O2/c1-3-6-17(2,9-15(22)23)21-11-12(10-20-21)13-4-7-18-16-14(13)5-8-19-16/h4-5,7-8,10-11H,3,6,9H2,1-2H3,(H,18,19)(H,22,23). The summed E-state index contributed by atoms with van der Waals surface area (Å²) in [6.45, 7) is 4.00. The van der Waals surface area contributed by atoms with Gasteiger partial charge in [0.05, 0.1) is 18.2 Å². The zero-order valence-corrected chi connectivity index (χ0v) is 13.3. The van der Waals surface area contributed by atoms with Gasteiger partial charge in [0.2, 0.25) is 0 Å². The number of H-pyrrole nitrogens is 1. The fourth-order valence-electron chi connectivity index (χ4n) is 3.12. The Bertz CT molecular complexity index is 836. The lowest BCUT2D eigenvalue weighted by Gasteiger charge is -2.28. The lowest BCUT2D eigenvalue weighted by Crippen LogP contribution is -2.33. The number of carbonyl (C=O) groups is 1. The van der Waals surface area contributed by atoms with Crippen LogP contribution in [0.25, 0.3) is 22.2 Å². The van der Waals surface area contributed by atoms with Gasteiger partial charge in [-0.2, -0.15) is 5.10 Å². The van der Waals surface area contributed by atoms with Gasteiger partial charge in [-0.1, -0.05) is 13.3 Å². The van der Waals surface area contributed by atoms with Gasteiger partial charge in [-0.15, -0.1) is 0 Å². The van der Waals surface area contributed by atoms with Gasteiger partial charge in [-0.25, -0.2) is 4.98 Å². The van der Waals surface area contributed by atoms with Gasteiger partial charge >= 0.3 is 5.97 Å². The number of carboxylic acids is 1. The molecule has 0 aliphatic heterocycles. The first-order valence-corrected chi connectivity index (χ1v) is 7.73. The van der Waals surface area contributed by atoms with Crippen LogP contribution in [0.2, 0.25) is 0 Å². The Morgan fingerprint density at radius 2 is 2.26 bits per heavy atom. The summed E-state index contributed by atoms with van der Waals surface area (Å²) < 4.78 is 1.79. The van der Waals surface area contributed by atoms with E-state index in [0.29, 0.717) is 0 Å². The van der Waals surface area contributed by atoms with Gasteiger partial charge in [0.25, 0.3) is 0 Å². The molecule has 2 N–H and O–H groups in total. The average molecular weight is 312 g/mol. The van der Waals surface area contributed by atoms with Crippen LogP contribution in [0.15, 0.2) is 36.9 Å². The van der Waals surface area contributed by atoms with Gasteiger partial charge in [-0.05, 0) is 31.0 Å². The number of fused-ring (bicyclic) bond motifs is 1. The number of aliphatic carboxylic acids is 1. The van der Waals surface area contributed by atoms with E-state index in [1.807, 2.05) is 31.5 Å². The van der Waals surface area contributed by atoms with Gasteiger partial charge in [0, 0.05) is 29.5 Å². The van der Waals surface area contributed by atoms with Crippen LogP contribution in [0.1, 0.15) is 33.1 Å². The minimum atomic E-state index is -0.810. The lowest BCUT2D eigenvalue weighted by molar-refractivity contribution is -0.139. The van der Waals surface area contributed by atoms with Crippen LogP contribution in [0.3, 0.4) is 0 Å². The molecule has 0 amide bonds. The van der Waals surface area contributed by atoms with E-state index in [2.05, 4.69) is 22.0 Å². The Morgan fingerprint density at radius 3 is 3.00 bits per heavy atom. The highest BCUT2D eigenvalue weighted by Gasteiger charge is 2.29. The Morgan fingerprint density at radius 1 is 1.43 bits per heavy atom. The fraction of sp³-hybridized carbons (Fsp3) is 0.353. The molecule has 0 radical (unpaired) electrons. The predicted molar refractivity (Wildman–Crippen MR) is 88.1 cm³/mol. The maximum Gasteiger partial charge on any atom is 0.305 e. The van der Waals surface area contributed by atoms with E-state index in [4.69, 9.17) is 0 Å². The van der Waals surface area contributed by atoms with E-state index in [1.54, 1.807) is 17.1 Å². The second-order valence-electron chi connectivity index (χ2n) is 6.09. The molecule has 3 rings (SSSR count). The molecule has 6 nitrogen and oxygen atoms in total. The van der Waals surface area contributed by atoms with Crippen molar-refractivity contribution in [3.63, 3.8) is 0 Å². The van der Waals surface area contributed by atoms with Crippen LogP contribution in [-0.4, -0.2) is 30.8 Å². The minimum Gasteiger partial charge on any atom is -0.481 e. The zero-order chi connectivity index (χ0) is 16.4. The Labute approximate surface area is 134 Å². The molecule has 3 aromatic heterocycles. The van der Waals surface area contributed by atoms with E-state index in [9.17, 15) is 9.90 Å². The molecule has 3 aromatic rings. The zero-order valence-electron chi connectivity index (χ0n) is 13.3. The molecule has 0 fully saturated rings. The van der Waals surface area contributed by atoms with Crippen molar-refractivity contribution in [2.75, 3.05) is 0 Å². The molecular weight excluding hydrogens is 292 g/mol. The summed E-state index contributed by atoms with van der Waals surface area (Å²) >= 11 is 0. The Hall–Kier alpha value is -2.63. The average Bonchev–Trinajstić information content (AvgIpc) is 3.16. The van der Waals surface area contributed by atoms with Crippen molar-refractivity contribution in [1.82, 2.24) is 19.7 Å². The highest BCUT2D eigenvalue weighted by atomic mass is 16.4. The van der Waals surface area contributed by atoms with Crippen LogP contribution >= 0.6 is 0 Å². The van der Waals surface area contributed by atoms with E-state index in [0.717, 1.165) is 35.0 Å². The lowest BCUT2D eigenvalue weighted by atomic mass is 9.92. The molecule has 0 spiro atoms. The molecule has 0 bridgehead atoms. The molecule has 120 valence electrons. The Kier molecular flexibility index (Phi) is 3.90. The first-order valence-electron chi connectivity index (χ1n) is 7.73. The van der Waals surface area contributed by atoms with Crippen molar-refractivity contribution in [3.8, 4) is 11.1 Å². The van der Waals surface area contributed by atoms with E-state index in [1.165, 1.54) is 0 Å². The fourth-order valence-corrected chi connectivity index (χ4v) is 3.12. The summed E-state index contributed by atoms with van der Waals surface area (Å²) in [7, 11) is 0. The quantitative estimate of drug-likeness (QED) is 0.730. The molecule has 1 atom stereocenters. The van der Waals surface area contributed by atoms with Crippen molar-refractivity contribution in [1.29, 1.82) is 0 Å². The maximum atomic E-state index is 11.2. The third-order valence-corrected chi connectivity index (χ3v) is 4.23. The smallest absolute Gasteiger partial charge is 0.305 e. The van der Waals surface area contributed by atoms with Crippen LogP contribution in [-0.2, 0) is 10.3 Å². The highest BCUT2D eigenvalue weighted by molar-refractivity contribution is 5.92. The number of rotatable bonds is 6. The monoisotopic (exact) mass is 312 g/mol. The van der Waals surface area contributed by atoms with E-state index < -0.39 is 11.5 Å². The molecule has 0 aromatic carbocycles. The number of carboxylic acid groups (broad SMARTS) is 1. The Balaban J connectivity index is 2.02. The third kappa shape index (κ3) is 2.84.